The van der Waals surface area contributed by atoms with E-state index in [0.29, 0.717) is 32.5 Å². The molecule has 1 aromatic carbocycles. The maximum absolute atomic E-state index is 14.1. The molecule has 2 bridgehead atoms. The molecule has 0 aliphatic carbocycles. The van der Waals surface area contributed by atoms with Crippen molar-refractivity contribution in [3.63, 3.8) is 0 Å². The van der Waals surface area contributed by atoms with Crippen molar-refractivity contribution in [2.75, 3.05) is 26.2 Å². The largest absolute Gasteiger partial charge is 0.395 e. The Morgan fingerprint density at radius 3 is 2.43 bits per heavy atom. The minimum absolute atomic E-state index is 0.00882. The van der Waals surface area contributed by atoms with E-state index in [2.05, 4.69) is 13.2 Å². The van der Waals surface area contributed by atoms with Gasteiger partial charge in [-0.25, -0.2) is 0 Å². The summed E-state index contributed by atoms with van der Waals surface area (Å²) >= 11 is 0. The van der Waals surface area contributed by atoms with Crippen LogP contribution in [-0.2, 0) is 25.7 Å². The summed E-state index contributed by atoms with van der Waals surface area (Å²) in [4.78, 5) is 46.9. The molecule has 1 spiro atoms. The van der Waals surface area contributed by atoms with Crippen LogP contribution in [0.15, 0.2) is 55.6 Å². The van der Waals surface area contributed by atoms with Gasteiger partial charge in [-0.15, -0.1) is 13.2 Å². The topological polar surface area (TPSA) is 90.4 Å². The molecule has 5 atom stereocenters. The van der Waals surface area contributed by atoms with E-state index < -0.39 is 35.1 Å². The van der Waals surface area contributed by atoms with Gasteiger partial charge in [0.15, 0.2) is 0 Å². The fourth-order valence-electron chi connectivity index (χ4n) is 6.44. The van der Waals surface area contributed by atoms with E-state index in [1.54, 1.807) is 22.0 Å². The predicted octanol–water partition coefficient (Wildman–Crippen LogP) is 2.38. The van der Waals surface area contributed by atoms with Crippen molar-refractivity contribution in [2.24, 2.45) is 11.8 Å². The molecule has 1 N–H and O–H groups in total. The number of carbonyl (C=O) groups is 3. The van der Waals surface area contributed by atoms with E-state index in [1.807, 2.05) is 51.1 Å². The Morgan fingerprint density at radius 1 is 1.16 bits per heavy atom. The molecule has 3 heterocycles. The minimum Gasteiger partial charge on any atom is -0.395 e. The Balaban J connectivity index is 1.71. The lowest BCUT2D eigenvalue weighted by Crippen LogP contribution is -2.60. The molecule has 3 aliphatic heterocycles. The molecule has 3 amide bonds. The fourth-order valence-corrected chi connectivity index (χ4v) is 6.44. The third-order valence-corrected chi connectivity index (χ3v) is 7.92. The lowest BCUT2D eigenvalue weighted by molar-refractivity contribution is -0.152. The zero-order valence-electron chi connectivity index (χ0n) is 22.1. The normalized spacial score (nSPS) is 28.2. The first kappa shape index (κ1) is 27.1. The lowest BCUT2D eigenvalue weighted by Gasteiger charge is -2.42. The van der Waals surface area contributed by atoms with Crippen LogP contribution in [0.5, 0.6) is 0 Å². The molecule has 8 heteroatoms. The molecular weight excluding hydrogens is 470 g/mol. The molecule has 1 aromatic rings. The number of β-amino-alcohol motifs (C(OH)–C–C–N with tert-alkyl or cyclic N) is 1. The SMILES string of the molecule is C=CCN(Cc1ccccc1)C(=O)[C@@H]1[C@@H]2CCC3(O2)C(C(=O)N(CC=C)C(C)(C)C)N(CCO)C(=O)[C@H]13. The minimum atomic E-state index is -1.09. The highest BCUT2D eigenvalue weighted by Crippen LogP contribution is 2.59. The summed E-state index contributed by atoms with van der Waals surface area (Å²) < 4.78 is 6.53. The highest BCUT2D eigenvalue weighted by atomic mass is 16.5. The van der Waals surface area contributed by atoms with Gasteiger partial charge in [0.25, 0.3) is 0 Å². The fraction of sp³-hybridized carbons (Fsp3) is 0.552. The smallest absolute Gasteiger partial charge is 0.249 e. The summed E-state index contributed by atoms with van der Waals surface area (Å²) in [6.07, 6.45) is 4.03. The van der Waals surface area contributed by atoms with Crippen LogP contribution in [0.3, 0.4) is 0 Å². The number of amides is 3. The van der Waals surface area contributed by atoms with E-state index in [9.17, 15) is 19.5 Å². The van der Waals surface area contributed by atoms with Crippen molar-refractivity contribution in [1.29, 1.82) is 0 Å². The van der Waals surface area contributed by atoms with E-state index in [1.165, 1.54) is 4.90 Å². The molecule has 8 nitrogen and oxygen atoms in total. The predicted molar refractivity (Wildman–Crippen MR) is 140 cm³/mol. The number of aliphatic hydroxyl groups is 1. The van der Waals surface area contributed by atoms with Crippen LogP contribution >= 0.6 is 0 Å². The van der Waals surface area contributed by atoms with Gasteiger partial charge in [-0.05, 0) is 39.2 Å². The highest BCUT2D eigenvalue weighted by Gasteiger charge is 2.75. The van der Waals surface area contributed by atoms with Gasteiger partial charge in [-0.1, -0.05) is 42.5 Å². The quantitative estimate of drug-likeness (QED) is 0.489. The zero-order valence-corrected chi connectivity index (χ0v) is 22.1. The summed E-state index contributed by atoms with van der Waals surface area (Å²) in [6.45, 7) is 14.2. The van der Waals surface area contributed by atoms with Crippen LogP contribution in [-0.4, -0.2) is 87.1 Å². The molecule has 0 radical (unpaired) electrons. The van der Waals surface area contributed by atoms with Gasteiger partial charge in [-0.3, -0.25) is 14.4 Å². The van der Waals surface area contributed by atoms with Crippen LogP contribution in [0, 0.1) is 11.8 Å². The van der Waals surface area contributed by atoms with Gasteiger partial charge < -0.3 is 24.5 Å². The first-order chi connectivity index (χ1) is 17.6. The monoisotopic (exact) mass is 509 g/mol. The number of carbonyl (C=O) groups excluding carboxylic acids is 3. The third kappa shape index (κ3) is 4.61. The Morgan fingerprint density at radius 2 is 1.84 bits per heavy atom. The van der Waals surface area contributed by atoms with Crippen molar-refractivity contribution in [2.45, 2.75) is 63.4 Å². The van der Waals surface area contributed by atoms with Crippen molar-refractivity contribution in [3.05, 3.63) is 61.2 Å². The van der Waals surface area contributed by atoms with Gasteiger partial charge >= 0.3 is 0 Å². The molecular formula is C29H39N3O5. The molecule has 3 saturated heterocycles. The van der Waals surface area contributed by atoms with E-state index in [0.717, 1.165) is 5.56 Å². The molecule has 200 valence electrons. The average molecular weight is 510 g/mol. The standard InChI is InChI=1S/C29H39N3O5/c1-6-15-30(19-20-11-9-8-10-12-20)25(34)22-21-13-14-29(37-21)23(22)26(35)31(17-18-33)24(29)27(36)32(16-7-2)28(3,4)5/h6-12,21-24,33H,1-2,13-19H2,3-5H3/t21-,22+,23-,24?,29?/m0/s1. The lowest BCUT2D eigenvalue weighted by atomic mass is 9.70. The number of benzene rings is 1. The number of fused-ring (bicyclic) bond motifs is 1. The first-order valence-electron chi connectivity index (χ1n) is 13.1. The molecule has 3 aliphatic rings. The Hall–Kier alpha value is -2.97. The van der Waals surface area contributed by atoms with Gasteiger partial charge in [0.1, 0.15) is 11.6 Å². The van der Waals surface area contributed by atoms with E-state index in [4.69, 9.17) is 4.74 Å². The number of aliphatic hydroxyl groups excluding tert-OH is 1. The average Bonchev–Trinajstić information content (AvgIpc) is 3.49. The van der Waals surface area contributed by atoms with E-state index >= 15 is 0 Å². The summed E-state index contributed by atoms with van der Waals surface area (Å²) in [5.41, 5.74) is -0.628. The third-order valence-electron chi connectivity index (χ3n) is 7.92. The molecule has 0 saturated carbocycles. The maximum atomic E-state index is 14.1. The number of hydrogen-bond donors (Lipinski definition) is 1. The van der Waals surface area contributed by atoms with Gasteiger partial charge in [0, 0.05) is 31.7 Å². The highest BCUT2D eigenvalue weighted by molar-refractivity contribution is 5.99. The van der Waals surface area contributed by atoms with Crippen LogP contribution < -0.4 is 0 Å². The molecule has 4 rings (SSSR count). The number of nitrogens with zero attached hydrogens (tertiary/aromatic N) is 3. The van der Waals surface area contributed by atoms with Crippen LogP contribution in [0.1, 0.15) is 39.2 Å². The zero-order chi connectivity index (χ0) is 27.0. The Kier molecular flexibility index (Phi) is 7.62. The van der Waals surface area contributed by atoms with Crippen molar-refractivity contribution >= 4 is 17.7 Å². The second kappa shape index (κ2) is 10.4. The van der Waals surface area contributed by atoms with Crippen molar-refractivity contribution in [3.8, 4) is 0 Å². The van der Waals surface area contributed by atoms with Gasteiger partial charge in [0.05, 0.1) is 24.5 Å². The summed E-state index contributed by atoms with van der Waals surface area (Å²) in [5.74, 6) is -2.15. The molecule has 0 aromatic heterocycles. The summed E-state index contributed by atoms with van der Waals surface area (Å²) in [7, 11) is 0. The molecule has 37 heavy (non-hydrogen) atoms. The van der Waals surface area contributed by atoms with Crippen LogP contribution in [0.4, 0.5) is 0 Å². The van der Waals surface area contributed by atoms with Crippen molar-refractivity contribution in [1.82, 2.24) is 14.7 Å². The van der Waals surface area contributed by atoms with E-state index in [-0.39, 0.29) is 30.9 Å². The van der Waals surface area contributed by atoms with Gasteiger partial charge in [0.2, 0.25) is 17.7 Å². The summed E-state index contributed by atoms with van der Waals surface area (Å²) in [5, 5.41) is 9.81. The second-order valence-electron chi connectivity index (χ2n) is 11.2. The Labute approximate surface area is 219 Å². The Bertz CT molecular complexity index is 1050. The van der Waals surface area contributed by atoms with Crippen molar-refractivity contribution < 1.29 is 24.2 Å². The molecule has 2 unspecified atom stereocenters. The van der Waals surface area contributed by atoms with Crippen LogP contribution in [0.25, 0.3) is 0 Å². The summed E-state index contributed by atoms with van der Waals surface area (Å²) in [6, 6.07) is 8.79. The molecule has 3 fully saturated rings. The number of hydrogen-bond acceptors (Lipinski definition) is 5. The second-order valence-corrected chi connectivity index (χ2v) is 11.2. The number of rotatable bonds is 10. The van der Waals surface area contributed by atoms with Crippen LogP contribution in [0.2, 0.25) is 0 Å². The number of likely N-dealkylation sites (tertiary alicyclic amines) is 1. The number of ether oxygens (including phenoxy) is 1. The maximum Gasteiger partial charge on any atom is 0.249 e. The van der Waals surface area contributed by atoms with Gasteiger partial charge in [-0.2, -0.15) is 0 Å². The first-order valence-corrected chi connectivity index (χ1v) is 13.1.